The molecule has 0 unspecified atom stereocenters. The first kappa shape index (κ1) is 11.2. The third-order valence-corrected chi connectivity index (χ3v) is 3.28. The summed E-state index contributed by atoms with van der Waals surface area (Å²) in [6.45, 7) is 2.87. The number of nitrogens with zero attached hydrogens (tertiary/aromatic N) is 2. The van der Waals surface area contributed by atoms with E-state index >= 15 is 0 Å². The molecule has 0 saturated heterocycles. The molecule has 3 nitrogen and oxygen atoms in total. The van der Waals surface area contributed by atoms with Crippen molar-refractivity contribution in [2.45, 2.75) is 13.5 Å². The van der Waals surface area contributed by atoms with E-state index in [4.69, 9.17) is 0 Å². The molecule has 0 fully saturated rings. The van der Waals surface area contributed by atoms with Gasteiger partial charge in [0.2, 0.25) is 0 Å². The molecule has 16 heavy (non-hydrogen) atoms. The number of hydrogen-bond acceptors (Lipinski definition) is 2. The smallest absolute Gasteiger partial charge is 0.148 e. The lowest BCUT2D eigenvalue weighted by Gasteiger charge is -2.05. The van der Waals surface area contributed by atoms with Gasteiger partial charge in [0.15, 0.2) is 0 Å². The van der Waals surface area contributed by atoms with Crippen LogP contribution in [0.25, 0.3) is 0 Å². The molecule has 0 aliphatic heterocycles. The standard InChI is InChI=1S/C12H14BrN3/c1-9-3-4-10(7-11(9)13)8-14-12-5-6-16(2)15-12/h3-7H,8H2,1-2H3,(H,14,15). The maximum absolute atomic E-state index is 4.26. The number of aromatic nitrogens is 2. The van der Waals surface area contributed by atoms with E-state index in [1.165, 1.54) is 11.1 Å². The molecule has 0 amide bonds. The van der Waals surface area contributed by atoms with E-state index in [0.29, 0.717) is 0 Å². The van der Waals surface area contributed by atoms with Crippen LogP contribution >= 0.6 is 15.9 Å². The van der Waals surface area contributed by atoms with Gasteiger partial charge in [-0.15, -0.1) is 0 Å². The van der Waals surface area contributed by atoms with Gasteiger partial charge in [-0.25, -0.2) is 0 Å². The van der Waals surface area contributed by atoms with Gasteiger partial charge in [-0.2, -0.15) is 5.10 Å². The first-order valence-corrected chi connectivity index (χ1v) is 5.93. The zero-order chi connectivity index (χ0) is 11.5. The minimum Gasteiger partial charge on any atom is -0.365 e. The Morgan fingerprint density at radius 1 is 1.38 bits per heavy atom. The van der Waals surface area contributed by atoms with Crippen LogP contribution in [0.2, 0.25) is 0 Å². The summed E-state index contributed by atoms with van der Waals surface area (Å²) in [5.41, 5.74) is 2.49. The molecular formula is C12H14BrN3. The van der Waals surface area contributed by atoms with Crippen molar-refractivity contribution in [1.29, 1.82) is 0 Å². The van der Waals surface area contributed by atoms with Crippen molar-refractivity contribution in [2.24, 2.45) is 7.05 Å². The second-order valence-electron chi connectivity index (χ2n) is 3.81. The van der Waals surface area contributed by atoms with Crippen LogP contribution in [0, 0.1) is 6.92 Å². The van der Waals surface area contributed by atoms with Crippen LogP contribution in [-0.4, -0.2) is 9.78 Å². The minimum atomic E-state index is 0.788. The molecule has 0 saturated carbocycles. The monoisotopic (exact) mass is 279 g/mol. The zero-order valence-electron chi connectivity index (χ0n) is 9.37. The van der Waals surface area contributed by atoms with Crippen molar-refractivity contribution >= 4 is 21.7 Å². The number of aryl methyl sites for hydroxylation is 2. The van der Waals surface area contributed by atoms with E-state index in [1.54, 1.807) is 4.68 Å². The van der Waals surface area contributed by atoms with E-state index in [9.17, 15) is 0 Å². The first-order valence-electron chi connectivity index (χ1n) is 5.14. The third kappa shape index (κ3) is 2.64. The quantitative estimate of drug-likeness (QED) is 0.936. The summed E-state index contributed by atoms with van der Waals surface area (Å²) in [4.78, 5) is 0. The molecule has 0 radical (unpaired) electrons. The van der Waals surface area contributed by atoms with Crippen molar-refractivity contribution in [1.82, 2.24) is 9.78 Å². The fourth-order valence-electron chi connectivity index (χ4n) is 1.45. The Kier molecular flexibility index (Phi) is 3.29. The molecule has 1 aromatic carbocycles. The molecule has 1 N–H and O–H groups in total. The number of rotatable bonds is 3. The predicted octanol–water partition coefficient (Wildman–Crippen LogP) is 3.10. The number of anilines is 1. The Hall–Kier alpha value is -1.29. The summed E-state index contributed by atoms with van der Waals surface area (Å²) in [7, 11) is 1.91. The number of nitrogens with one attached hydrogen (secondary N) is 1. The highest BCUT2D eigenvalue weighted by molar-refractivity contribution is 9.10. The molecule has 0 spiro atoms. The molecule has 0 bridgehead atoms. The molecule has 0 aliphatic rings. The highest BCUT2D eigenvalue weighted by Crippen LogP contribution is 2.18. The van der Waals surface area contributed by atoms with Crippen LogP contribution in [0.1, 0.15) is 11.1 Å². The van der Waals surface area contributed by atoms with Gasteiger partial charge >= 0.3 is 0 Å². The van der Waals surface area contributed by atoms with E-state index in [-0.39, 0.29) is 0 Å². The fourth-order valence-corrected chi connectivity index (χ4v) is 1.87. The number of hydrogen-bond donors (Lipinski definition) is 1. The van der Waals surface area contributed by atoms with Crippen LogP contribution in [0.3, 0.4) is 0 Å². The minimum absolute atomic E-state index is 0.788. The van der Waals surface area contributed by atoms with Crippen molar-refractivity contribution in [3.05, 3.63) is 46.1 Å². The zero-order valence-corrected chi connectivity index (χ0v) is 11.0. The fraction of sp³-hybridized carbons (Fsp3) is 0.250. The summed E-state index contributed by atoms with van der Waals surface area (Å²) in [6.07, 6.45) is 1.92. The Bertz CT molecular complexity index is 491. The van der Waals surface area contributed by atoms with Gasteiger partial charge < -0.3 is 5.32 Å². The van der Waals surface area contributed by atoms with Crippen LogP contribution in [-0.2, 0) is 13.6 Å². The van der Waals surface area contributed by atoms with Crippen molar-refractivity contribution < 1.29 is 0 Å². The van der Waals surface area contributed by atoms with Gasteiger partial charge in [0, 0.05) is 30.3 Å². The molecule has 1 heterocycles. The maximum atomic E-state index is 4.26. The normalized spacial score (nSPS) is 10.4. The van der Waals surface area contributed by atoms with Gasteiger partial charge in [0.25, 0.3) is 0 Å². The molecule has 4 heteroatoms. The van der Waals surface area contributed by atoms with E-state index in [2.05, 4.69) is 51.5 Å². The largest absolute Gasteiger partial charge is 0.365 e. The second-order valence-corrected chi connectivity index (χ2v) is 4.67. The summed E-state index contributed by atoms with van der Waals surface area (Å²) < 4.78 is 2.93. The lowest BCUT2D eigenvalue weighted by atomic mass is 10.1. The molecule has 2 aromatic rings. The third-order valence-electron chi connectivity index (χ3n) is 2.42. The van der Waals surface area contributed by atoms with Gasteiger partial charge in [-0.1, -0.05) is 28.1 Å². The highest BCUT2D eigenvalue weighted by atomic mass is 79.9. The van der Waals surface area contributed by atoms with Crippen LogP contribution < -0.4 is 5.32 Å². The Morgan fingerprint density at radius 2 is 2.19 bits per heavy atom. The number of halogens is 1. The van der Waals surface area contributed by atoms with E-state index < -0.39 is 0 Å². The van der Waals surface area contributed by atoms with Gasteiger partial charge in [0.1, 0.15) is 5.82 Å². The average molecular weight is 280 g/mol. The summed E-state index contributed by atoms with van der Waals surface area (Å²) >= 11 is 3.53. The van der Waals surface area contributed by atoms with Crippen molar-refractivity contribution in [2.75, 3.05) is 5.32 Å². The number of benzene rings is 1. The van der Waals surface area contributed by atoms with E-state index in [1.807, 2.05) is 19.3 Å². The van der Waals surface area contributed by atoms with Crippen molar-refractivity contribution in [3.63, 3.8) is 0 Å². The first-order chi connectivity index (χ1) is 7.65. The van der Waals surface area contributed by atoms with Gasteiger partial charge in [-0.05, 0) is 24.1 Å². The van der Waals surface area contributed by atoms with Gasteiger partial charge in [-0.3, -0.25) is 4.68 Å². The Labute approximate surface area is 104 Å². The van der Waals surface area contributed by atoms with E-state index in [0.717, 1.165) is 16.8 Å². The van der Waals surface area contributed by atoms with Crippen LogP contribution in [0.15, 0.2) is 34.9 Å². The van der Waals surface area contributed by atoms with Crippen molar-refractivity contribution in [3.8, 4) is 0 Å². The maximum Gasteiger partial charge on any atom is 0.148 e. The van der Waals surface area contributed by atoms with Crippen LogP contribution in [0.5, 0.6) is 0 Å². The SMILES string of the molecule is Cc1ccc(CNc2ccn(C)n2)cc1Br. The summed E-state index contributed by atoms with van der Waals surface area (Å²) in [6, 6.07) is 8.32. The Morgan fingerprint density at radius 3 is 2.81 bits per heavy atom. The second kappa shape index (κ2) is 4.70. The average Bonchev–Trinajstić information content (AvgIpc) is 2.66. The molecule has 1 aromatic heterocycles. The highest BCUT2D eigenvalue weighted by Gasteiger charge is 1.99. The lowest BCUT2D eigenvalue weighted by molar-refractivity contribution is 0.768. The Balaban J connectivity index is 2.02. The predicted molar refractivity (Wildman–Crippen MR) is 69.4 cm³/mol. The molecular weight excluding hydrogens is 266 g/mol. The topological polar surface area (TPSA) is 29.9 Å². The molecule has 0 aliphatic carbocycles. The van der Waals surface area contributed by atoms with Gasteiger partial charge in [0.05, 0.1) is 0 Å². The molecule has 84 valence electrons. The summed E-state index contributed by atoms with van der Waals surface area (Å²) in [5, 5.41) is 7.54. The lowest BCUT2D eigenvalue weighted by Crippen LogP contribution is -2.01. The molecule has 0 atom stereocenters. The molecule has 2 rings (SSSR count). The summed E-state index contributed by atoms with van der Waals surface area (Å²) in [5.74, 6) is 0.902. The van der Waals surface area contributed by atoms with Crippen LogP contribution in [0.4, 0.5) is 5.82 Å².